The zero-order chi connectivity index (χ0) is 10.8. The predicted molar refractivity (Wildman–Crippen MR) is 60.1 cm³/mol. The molecule has 2 aliphatic rings. The summed E-state index contributed by atoms with van der Waals surface area (Å²) in [6.45, 7) is 4.61. The quantitative estimate of drug-likeness (QED) is 0.758. The van der Waals surface area contributed by atoms with Crippen molar-refractivity contribution in [3.8, 4) is 5.75 Å². The van der Waals surface area contributed by atoms with E-state index in [1.807, 2.05) is 24.3 Å². The van der Waals surface area contributed by atoms with Gasteiger partial charge in [-0.25, -0.2) is 4.90 Å². The third-order valence-electron chi connectivity index (χ3n) is 3.03. The highest BCUT2D eigenvalue weighted by atomic mass is 16.7. The fraction of sp³-hybridized carbons (Fsp3) is 0.500. The van der Waals surface area contributed by atoms with E-state index in [1.165, 1.54) is 0 Å². The Hall–Kier alpha value is -1.10. The number of rotatable bonds is 1. The first-order valence-electron chi connectivity index (χ1n) is 5.74. The summed E-state index contributed by atoms with van der Waals surface area (Å²) < 4.78 is 11.6. The van der Waals surface area contributed by atoms with E-state index in [9.17, 15) is 0 Å². The predicted octanol–water partition coefficient (Wildman–Crippen LogP) is 0.784. The van der Waals surface area contributed by atoms with E-state index in [1.54, 1.807) is 0 Å². The third kappa shape index (κ3) is 1.91. The van der Waals surface area contributed by atoms with Gasteiger partial charge in [-0.15, -0.1) is 0 Å². The van der Waals surface area contributed by atoms with Crippen molar-refractivity contribution in [2.24, 2.45) is 0 Å². The number of nitrogens with zero attached hydrogens (tertiary/aromatic N) is 1. The number of hydrogen-bond donors (Lipinski definition) is 1. The van der Waals surface area contributed by atoms with Crippen molar-refractivity contribution in [1.82, 2.24) is 10.2 Å². The highest BCUT2D eigenvalue weighted by molar-refractivity contribution is 5.33. The fourth-order valence-corrected chi connectivity index (χ4v) is 2.11. The maximum absolute atomic E-state index is 5.85. The summed E-state index contributed by atoms with van der Waals surface area (Å²) >= 11 is 0. The second-order valence-corrected chi connectivity index (χ2v) is 4.13. The van der Waals surface area contributed by atoms with Gasteiger partial charge in [0.25, 0.3) is 6.41 Å². The van der Waals surface area contributed by atoms with Crippen molar-refractivity contribution in [3.63, 3.8) is 0 Å². The number of nitrogens with one attached hydrogen (secondary N) is 1. The molecule has 0 saturated carbocycles. The topological polar surface area (TPSA) is 33.7 Å². The molecule has 0 spiro atoms. The Balaban J connectivity index is 1.72. The molecule has 1 unspecified atom stereocenters. The van der Waals surface area contributed by atoms with Gasteiger partial charge in [0.2, 0.25) is 0 Å². The first-order valence-corrected chi connectivity index (χ1v) is 5.74. The monoisotopic (exact) mass is 220 g/mol. The summed E-state index contributed by atoms with van der Waals surface area (Å²) in [6.07, 6.45) is -0.211. The van der Waals surface area contributed by atoms with Gasteiger partial charge in [0.15, 0.2) is 0 Å². The molecule has 1 N–H and O–H groups in total. The molecule has 2 aliphatic heterocycles. The normalized spacial score (nSPS) is 25.9. The molecule has 86 valence electrons. The first-order chi connectivity index (χ1) is 7.93. The Kier molecular flexibility index (Phi) is 2.78. The molecule has 1 aromatic carbocycles. The van der Waals surface area contributed by atoms with Gasteiger partial charge in [0.05, 0.1) is 6.61 Å². The zero-order valence-electron chi connectivity index (χ0n) is 9.19. The van der Waals surface area contributed by atoms with Crippen molar-refractivity contribution in [3.05, 3.63) is 29.8 Å². The first kappa shape index (κ1) is 10.1. The van der Waals surface area contributed by atoms with Crippen LogP contribution in [0.15, 0.2) is 24.3 Å². The third-order valence-corrected chi connectivity index (χ3v) is 3.03. The highest BCUT2D eigenvalue weighted by Gasteiger charge is 2.26. The molecule has 3 rings (SSSR count). The molecule has 16 heavy (non-hydrogen) atoms. The molecule has 4 heteroatoms. The number of benzene rings is 1. The minimum absolute atomic E-state index is 0.211. The van der Waals surface area contributed by atoms with E-state index in [0.717, 1.165) is 37.5 Å². The van der Waals surface area contributed by atoms with Crippen LogP contribution in [0.3, 0.4) is 0 Å². The lowest BCUT2D eigenvalue weighted by atomic mass is 10.2. The van der Waals surface area contributed by atoms with E-state index >= 15 is 0 Å². The molecule has 0 radical (unpaired) electrons. The van der Waals surface area contributed by atoms with Crippen LogP contribution in [-0.2, 0) is 11.3 Å². The van der Waals surface area contributed by atoms with Crippen LogP contribution >= 0.6 is 0 Å². The van der Waals surface area contributed by atoms with Crippen LogP contribution < -0.4 is 10.1 Å². The second-order valence-electron chi connectivity index (χ2n) is 4.13. The van der Waals surface area contributed by atoms with Crippen LogP contribution in [-0.4, -0.2) is 37.5 Å². The van der Waals surface area contributed by atoms with Gasteiger partial charge in [0.1, 0.15) is 5.75 Å². The number of ether oxygens (including phenoxy) is 2. The van der Waals surface area contributed by atoms with Gasteiger partial charge < -0.3 is 14.8 Å². The number of piperazine rings is 1. The second kappa shape index (κ2) is 4.41. The molecular formula is C12H16N2O2. The van der Waals surface area contributed by atoms with Gasteiger partial charge in [-0.3, -0.25) is 0 Å². The van der Waals surface area contributed by atoms with Gasteiger partial charge in [-0.2, -0.15) is 0 Å². The SMILES string of the molecule is c1ccc2c(c1)COC(N1CCNCC1)O2. The molecule has 1 fully saturated rings. The summed E-state index contributed by atoms with van der Waals surface area (Å²) in [5, 5.41) is 3.32. The average molecular weight is 220 g/mol. The Morgan fingerprint density at radius 2 is 2.00 bits per heavy atom. The minimum atomic E-state index is -0.211. The summed E-state index contributed by atoms with van der Waals surface area (Å²) in [5.41, 5.74) is 1.13. The average Bonchev–Trinajstić information content (AvgIpc) is 2.39. The molecule has 0 bridgehead atoms. The largest absolute Gasteiger partial charge is 0.451 e. The maximum atomic E-state index is 5.85. The van der Waals surface area contributed by atoms with Crippen molar-refractivity contribution in [2.75, 3.05) is 26.2 Å². The standard InChI is InChI=1S/C12H16N2O2/c1-2-4-11-10(3-1)9-15-12(16-11)14-7-5-13-6-8-14/h1-4,12-13H,5-9H2. The fourth-order valence-electron chi connectivity index (χ4n) is 2.11. The molecule has 0 amide bonds. The Morgan fingerprint density at radius 1 is 1.19 bits per heavy atom. The summed E-state index contributed by atoms with van der Waals surface area (Å²) in [7, 11) is 0. The van der Waals surface area contributed by atoms with E-state index < -0.39 is 0 Å². The molecule has 1 atom stereocenters. The summed E-state index contributed by atoms with van der Waals surface area (Å²) in [5.74, 6) is 0.956. The lowest BCUT2D eigenvalue weighted by molar-refractivity contribution is -0.198. The van der Waals surface area contributed by atoms with Crippen LogP contribution in [0.2, 0.25) is 0 Å². The molecule has 1 saturated heterocycles. The van der Waals surface area contributed by atoms with Gasteiger partial charge in [0, 0.05) is 31.7 Å². The number of fused-ring (bicyclic) bond motifs is 1. The molecule has 0 aromatic heterocycles. The van der Waals surface area contributed by atoms with E-state index in [2.05, 4.69) is 10.2 Å². The van der Waals surface area contributed by atoms with Gasteiger partial charge in [-0.05, 0) is 6.07 Å². The van der Waals surface area contributed by atoms with E-state index in [0.29, 0.717) is 6.61 Å². The molecule has 2 heterocycles. The van der Waals surface area contributed by atoms with Crippen LogP contribution in [0, 0.1) is 0 Å². The Labute approximate surface area is 95.1 Å². The highest BCUT2D eigenvalue weighted by Crippen LogP contribution is 2.26. The van der Waals surface area contributed by atoms with Crippen LogP contribution in [0.5, 0.6) is 5.75 Å². The summed E-state index contributed by atoms with van der Waals surface area (Å²) in [4.78, 5) is 2.23. The Morgan fingerprint density at radius 3 is 2.88 bits per heavy atom. The van der Waals surface area contributed by atoms with Crippen molar-refractivity contribution in [1.29, 1.82) is 0 Å². The smallest absolute Gasteiger partial charge is 0.262 e. The van der Waals surface area contributed by atoms with Crippen molar-refractivity contribution < 1.29 is 9.47 Å². The van der Waals surface area contributed by atoms with Gasteiger partial charge in [-0.1, -0.05) is 18.2 Å². The number of hydrogen-bond acceptors (Lipinski definition) is 4. The molecular weight excluding hydrogens is 204 g/mol. The molecule has 1 aromatic rings. The van der Waals surface area contributed by atoms with Gasteiger partial charge >= 0.3 is 0 Å². The van der Waals surface area contributed by atoms with Crippen molar-refractivity contribution in [2.45, 2.75) is 13.0 Å². The summed E-state index contributed by atoms with van der Waals surface area (Å²) in [6, 6.07) is 8.06. The Bertz CT molecular complexity index is 364. The van der Waals surface area contributed by atoms with E-state index in [-0.39, 0.29) is 6.41 Å². The van der Waals surface area contributed by atoms with Crippen LogP contribution in [0.1, 0.15) is 5.56 Å². The zero-order valence-corrected chi connectivity index (χ0v) is 9.19. The van der Waals surface area contributed by atoms with Crippen LogP contribution in [0.25, 0.3) is 0 Å². The number of para-hydroxylation sites is 1. The van der Waals surface area contributed by atoms with Crippen LogP contribution in [0.4, 0.5) is 0 Å². The molecule has 0 aliphatic carbocycles. The molecule has 4 nitrogen and oxygen atoms in total. The lowest BCUT2D eigenvalue weighted by Gasteiger charge is -2.36. The minimum Gasteiger partial charge on any atom is -0.451 e. The van der Waals surface area contributed by atoms with Crippen molar-refractivity contribution >= 4 is 0 Å². The maximum Gasteiger partial charge on any atom is 0.262 e. The van der Waals surface area contributed by atoms with E-state index in [4.69, 9.17) is 9.47 Å². The lowest BCUT2D eigenvalue weighted by Crippen LogP contribution is -2.52.